The minimum atomic E-state index is -0.427. The quantitative estimate of drug-likeness (QED) is 0.761. The summed E-state index contributed by atoms with van der Waals surface area (Å²) in [7, 11) is 0. The first-order valence-corrected chi connectivity index (χ1v) is 6.19. The maximum Gasteiger partial charge on any atom is 0.102 e. The van der Waals surface area contributed by atoms with Crippen LogP contribution < -0.4 is 0 Å². The molecule has 0 saturated carbocycles. The largest absolute Gasteiger partial charge is 0.285 e. The number of likely N-dealkylation sites (tertiary alicyclic amines) is 1. The van der Waals surface area contributed by atoms with E-state index < -0.39 is 5.41 Å². The molecule has 1 aromatic rings. The van der Waals surface area contributed by atoms with Crippen LogP contribution in [0.4, 0.5) is 0 Å². The number of pyridine rings is 1. The van der Waals surface area contributed by atoms with E-state index in [1.165, 1.54) is 0 Å². The fraction of sp³-hybridized carbons (Fsp3) is 0.500. The molecule has 0 atom stereocenters. The molecule has 18 heavy (non-hydrogen) atoms. The number of hydrogen-bond acceptors (Lipinski definition) is 4. The lowest BCUT2D eigenvalue weighted by Gasteiger charge is -2.36. The van der Waals surface area contributed by atoms with Gasteiger partial charge in [-0.25, -0.2) is 0 Å². The molecule has 0 N–H and O–H groups in total. The van der Waals surface area contributed by atoms with Crippen molar-refractivity contribution in [1.82, 2.24) is 9.88 Å². The number of rotatable bonds is 3. The third-order valence-electron chi connectivity index (χ3n) is 3.63. The minimum absolute atomic E-state index is 0.427. The van der Waals surface area contributed by atoms with Crippen molar-refractivity contribution >= 4 is 6.72 Å². The van der Waals surface area contributed by atoms with Crippen LogP contribution in [0.1, 0.15) is 24.1 Å². The molecule has 0 amide bonds. The van der Waals surface area contributed by atoms with Crippen LogP contribution in [0.2, 0.25) is 0 Å². The zero-order valence-electron chi connectivity index (χ0n) is 10.8. The van der Waals surface area contributed by atoms with E-state index in [9.17, 15) is 5.26 Å². The van der Waals surface area contributed by atoms with E-state index in [1.807, 2.05) is 19.1 Å². The van der Waals surface area contributed by atoms with Gasteiger partial charge in [0, 0.05) is 19.3 Å². The zero-order valence-corrected chi connectivity index (χ0v) is 10.8. The summed E-state index contributed by atoms with van der Waals surface area (Å²) in [6, 6.07) is 6.48. The van der Waals surface area contributed by atoms with Crippen molar-refractivity contribution in [2.24, 2.45) is 4.99 Å². The number of hydrogen-bond donors (Lipinski definition) is 0. The molecule has 0 spiro atoms. The molecule has 4 heteroatoms. The van der Waals surface area contributed by atoms with Crippen LogP contribution in [0.25, 0.3) is 0 Å². The molecular formula is C14H18N4. The van der Waals surface area contributed by atoms with Crippen molar-refractivity contribution in [3.63, 3.8) is 0 Å². The molecular weight excluding hydrogens is 224 g/mol. The molecule has 0 aromatic carbocycles. The fourth-order valence-electron chi connectivity index (χ4n) is 2.44. The van der Waals surface area contributed by atoms with Gasteiger partial charge in [0.15, 0.2) is 0 Å². The van der Waals surface area contributed by atoms with Crippen LogP contribution in [-0.2, 0) is 5.41 Å². The van der Waals surface area contributed by atoms with Gasteiger partial charge in [0.2, 0.25) is 0 Å². The maximum absolute atomic E-state index is 9.56. The monoisotopic (exact) mass is 242 g/mol. The summed E-state index contributed by atoms with van der Waals surface area (Å²) < 4.78 is 0. The smallest absolute Gasteiger partial charge is 0.102 e. The third kappa shape index (κ3) is 2.41. The van der Waals surface area contributed by atoms with Gasteiger partial charge in [0.25, 0.3) is 0 Å². The van der Waals surface area contributed by atoms with Gasteiger partial charge in [-0.2, -0.15) is 5.26 Å². The van der Waals surface area contributed by atoms with E-state index >= 15 is 0 Å². The van der Waals surface area contributed by atoms with Crippen molar-refractivity contribution in [3.05, 3.63) is 29.6 Å². The van der Waals surface area contributed by atoms with Crippen LogP contribution in [0, 0.1) is 18.3 Å². The summed E-state index contributed by atoms with van der Waals surface area (Å²) in [6.45, 7) is 7.96. The molecule has 0 bridgehead atoms. The van der Waals surface area contributed by atoms with Gasteiger partial charge in [-0.3, -0.25) is 14.9 Å². The highest BCUT2D eigenvalue weighted by Crippen LogP contribution is 2.33. The van der Waals surface area contributed by atoms with Gasteiger partial charge in [0.1, 0.15) is 5.41 Å². The van der Waals surface area contributed by atoms with Crippen molar-refractivity contribution < 1.29 is 0 Å². The van der Waals surface area contributed by atoms with Crippen LogP contribution in [0.5, 0.6) is 0 Å². The molecule has 0 aliphatic carbocycles. The molecule has 2 rings (SSSR count). The predicted molar refractivity (Wildman–Crippen MR) is 71.5 cm³/mol. The lowest BCUT2D eigenvalue weighted by atomic mass is 9.76. The van der Waals surface area contributed by atoms with Gasteiger partial charge in [0.05, 0.1) is 18.4 Å². The molecule has 0 unspecified atom stereocenters. The highest BCUT2D eigenvalue weighted by atomic mass is 15.2. The number of nitriles is 1. The van der Waals surface area contributed by atoms with E-state index in [2.05, 4.69) is 27.7 Å². The van der Waals surface area contributed by atoms with Crippen LogP contribution in [0.3, 0.4) is 0 Å². The van der Waals surface area contributed by atoms with Gasteiger partial charge in [-0.15, -0.1) is 0 Å². The van der Waals surface area contributed by atoms with Crippen molar-refractivity contribution in [2.45, 2.75) is 25.2 Å². The average molecular weight is 242 g/mol. The second-order valence-electron chi connectivity index (χ2n) is 4.90. The molecule has 0 radical (unpaired) electrons. The highest BCUT2D eigenvalue weighted by Gasteiger charge is 2.37. The number of piperidine rings is 1. The Morgan fingerprint density at radius 2 is 2.28 bits per heavy atom. The molecule has 1 aliphatic heterocycles. The lowest BCUT2D eigenvalue weighted by Crippen LogP contribution is -2.42. The van der Waals surface area contributed by atoms with Crippen LogP contribution in [0.15, 0.2) is 23.3 Å². The minimum Gasteiger partial charge on any atom is -0.285 e. The third-order valence-corrected chi connectivity index (χ3v) is 3.63. The van der Waals surface area contributed by atoms with E-state index in [4.69, 9.17) is 0 Å². The summed E-state index contributed by atoms with van der Waals surface area (Å²) in [5.74, 6) is 0. The first kappa shape index (κ1) is 12.7. The Kier molecular flexibility index (Phi) is 3.73. The maximum atomic E-state index is 9.56. The van der Waals surface area contributed by atoms with E-state index in [0.29, 0.717) is 6.67 Å². The molecule has 1 fully saturated rings. The van der Waals surface area contributed by atoms with Crippen LogP contribution >= 0.6 is 0 Å². The average Bonchev–Trinajstić information content (AvgIpc) is 2.40. The normalized spacial score (nSPS) is 19.1. The molecule has 1 aromatic heterocycles. The molecule has 1 aliphatic rings. The zero-order chi connectivity index (χ0) is 13.0. The van der Waals surface area contributed by atoms with Crippen molar-refractivity contribution in [1.29, 1.82) is 5.26 Å². The standard InChI is InChI=1S/C14H18N4/c1-12-3-6-17-13(9-12)14(10-15)4-7-18(8-5-14)11-16-2/h3,6,9H,2,4-5,7-8,11H2,1H3. The SMILES string of the molecule is C=NCN1CCC(C#N)(c2cc(C)ccn2)CC1. The number of nitrogens with zero attached hydrogens (tertiary/aromatic N) is 4. The number of aliphatic imine (C=N–C) groups is 1. The van der Waals surface area contributed by atoms with Gasteiger partial charge in [-0.05, 0) is 44.2 Å². The molecule has 94 valence electrons. The topological polar surface area (TPSA) is 52.3 Å². The number of aromatic nitrogens is 1. The van der Waals surface area contributed by atoms with Crippen molar-refractivity contribution in [3.8, 4) is 6.07 Å². The Morgan fingerprint density at radius 1 is 1.56 bits per heavy atom. The highest BCUT2D eigenvalue weighted by molar-refractivity contribution is 5.30. The summed E-state index contributed by atoms with van der Waals surface area (Å²) >= 11 is 0. The van der Waals surface area contributed by atoms with Gasteiger partial charge >= 0.3 is 0 Å². The van der Waals surface area contributed by atoms with E-state index in [0.717, 1.165) is 37.2 Å². The Morgan fingerprint density at radius 3 is 2.83 bits per heavy atom. The van der Waals surface area contributed by atoms with Gasteiger partial charge in [-0.1, -0.05) is 0 Å². The summed E-state index contributed by atoms with van der Waals surface area (Å²) in [4.78, 5) is 10.5. The Hall–Kier alpha value is -1.73. The Labute approximate surface area is 108 Å². The lowest BCUT2D eigenvalue weighted by molar-refractivity contribution is 0.189. The van der Waals surface area contributed by atoms with E-state index in [1.54, 1.807) is 6.20 Å². The second kappa shape index (κ2) is 5.28. The van der Waals surface area contributed by atoms with Crippen LogP contribution in [-0.4, -0.2) is 36.4 Å². The summed E-state index contributed by atoms with van der Waals surface area (Å²) in [6.07, 6.45) is 3.42. The Balaban J connectivity index is 2.19. The number of aryl methyl sites for hydroxylation is 1. The van der Waals surface area contributed by atoms with Crippen molar-refractivity contribution in [2.75, 3.05) is 19.8 Å². The Bertz CT molecular complexity index is 467. The van der Waals surface area contributed by atoms with E-state index in [-0.39, 0.29) is 0 Å². The molecule has 4 nitrogen and oxygen atoms in total. The first-order chi connectivity index (χ1) is 8.70. The first-order valence-electron chi connectivity index (χ1n) is 6.19. The molecule has 1 saturated heterocycles. The summed E-state index contributed by atoms with van der Waals surface area (Å²) in [5.41, 5.74) is 1.64. The second-order valence-corrected chi connectivity index (χ2v) is 4.90. The summed E-state index contributed by atoms with van der Waals surface area (Å²) in [5, 5.41) is 9.56. The molecule has 2 heterocycles. The fourth-order valence-corrected chi connectivity index (χ4v) is 2.44. The van der Waals surface area contributed by atoms with Gasteiger partial charge < -0.3 is 0 Å². The predicted octanol–water partition coefficient (Wildman–Crippen LogP) is 1.91.